The molecule has 1 saturated carbocycles. The van der Waals surface area contributed by atoms with Crippen LogP contribution in [-0.4, -0.2) is 16.9 Å². The molecule has 3 nitrogen and oxygen atoms in total. The van der Waals surface area contributed by atoms with Gasteiger partial charge in [0.25, 0.3) is 5.91 Å². The average molecular weight is 253 g/mol. The molecule has 4 heteroatoms. The van der Waals surface area contributed by atoms with Crippen molar-refractivity contribution in [1.29, 1.82) is 0 Å². The number of aromatic nitrogens is 1. The van der Waals surface area contributed by atoms with Gasteiger partial charge in [0.15, 0.2) is 0 Å². The first-order chi connectivity index (χ1) is 8.16. The van der Waals surface area contributed by atoms with Crippen molar-refractivity contribution < 1.29 is 4.79 Å². The molecule has 2 rings (SSSR count). The zero-order chi connectivity index (χ0) is 12.3. The van der Waals surface area contributed by atoms with Crippen LogP contribution in [0.1, 0.15) is 43.0 Å². The van der Waals surface area contributed by atoms with Gasteiger partial charge < -0.3 is 5.32 Å². The second-order valence-corrected chi connectivity index (χ2v) is 5.19. The highest BCUT2D eigenvalue weighted by atomic mass is 35.5. The Labute approximate surface area is 107 Å². The molecule has 17 heavy (non-hydrogen) atoms. The van der Waals surface area contributed by atoms with Crippen LogP contribution < -0.4 is 5.32 Å². The predicted octanol–water partition coefficient (Wildman–Crippen LogP) is 3.04. The van der Waals surface area contributed by atoms with Gasteiger partial charge in [-0.15, -0.1) is 0 Å². The molecule has 1 amide bonds. The van der Waals surface area contributed by atoms with E-state index in [4.69, 9.17) is 11.6 Å². The fraction of sp³-hybridized carbons (Fsp3) is 0.538. The maximum Gasteiger partial charge on any atom is 0.254 e. The molecule has 1 aliphatic carbocycles. The van der Waals surface area contributed by atoms with Gasteiger partial charge in [-0.05, 0) is 37.7 Å². The first kappa shape index (κ1) is 12.4. The van der Waals surface area contributed by atoms with Crippen LogP contribution in [0.5, 0.6) is 0 Å². The minimum absolute atomic E-state index is 0.109. The van der Waals surface area contributed by atoms with Gasteiger partial charge in [0.05, 0.1) is 10.6 Å². The highest BCUT2D eigenvalue weighted by Crippen LogP contribution is 2.24. The number of nitrogens with zero attached hydrogens (tertiary/aromatic N) is 1. The smallest absolute Gasteiger partial charge is 0.254 e. The Morgan fingerprint density at radius 3 is 2.76 bits per heavy atom. The summed E-state index contributed by atoms with van der Waals surface area (Å²) < 4.78 is 0. The third-order valence-corrected chi connectivity index (χ3v) is 3.69. The lowest BCUT2D eigenvalue weighted by molar-refractivity contribution is 0.0923. The van der Waals surface area contributed by atoms with Crippen molar-refractivity contribution >= 4 is 17.5 Å². The molecule has 92 valence electrons. The third-order valence-electron chi connectivity index (χ3n) is 3.36. The van der Waals surface area contributed by atoms with E-state index in [1.165, 1.54) is 19.0 Å². The van der Waals surface area contributed by atoms with Crippen molar-refractivity contribution in [2.45, 2.75) is 38.6 Å². The number of hydrogen-bond acceptors (Lipinski definition) is 2. The lowest BCUT2D eigenvalue weighted by Gasteiger charge is -2.26. The molecule has 0 aliphatic heterocycles. The summed E-state index contributed by atoms with van der Waals surface area (Å²) in [6, 6.07) is 1.93. The molecule has 1 aromatic rings. The summed E-state index contributed by atoms with van der Waals surface area (Å²) in [7, 11) is 0. The zero-order valence-corrected chi connectivity index (χ0v) is 10.7. The second kappa shape index (κ2) is 5.50. The van der Waals surface area contributed by atoms with Crippen molar-refractivity contribution in [3.05, 3.63) is 29.0 Å². The molecule has 0 bridgehead atoms. The van der Waals surface area contributed by atoms with E-state index < -0.39 is 0 Å². The van der Waals surface area contributed by atoms with E-state index in [2.05, 4.69) is 17.2 Å². The van der Waals surface area contributed by atoms with Crippen LogP contribution >= 0.6 is 11.6 Å². The average Bonchev–Trinajstić information content (AvgIpc) is 2.32. The van der Waals surface area contributed by atoms with Crippen molar-refractivity contribution in [2.24, 2.45) is 5.92 Å². The quantitative estimate of drug-likeness (QED) is 0.879. The molecule has 0 unspecified atom stereocenters. The summed E-state index contributed by atoms with van der Waals surface area (Å²) in [6.45, 7) is 2.26. The molecule has 1 N–H and O–H groups in total. The molecule has 0 aromatic carbocycles. The summed E-state index contributed by atoms with van der Waals surface area (Å²) in [5, 5.41) is 3.49. The van der Waals surface area contributed by atoms with Gasteiger partial charge in [-0.1, -0.05) is 18.5 Å². The fourth-order valence-electron chi connectivity index (χ4n) is 2.21. The lowest BCUT2D eigenvalue weighted by atomic mass is 9.87. The molecule has 1 fully saturated rings. The van der Waals surface area contributed by atoms with E-state index in [0.29, 0.717) is 10.6 Å². The van der Waals surface area contributed by atoms with Gasteiger partial charge in [0.1, 0.15) is 0 Å². The van der Waals surface area contributed by atoms with Crippen LogP contribution in [0.15, 0.2) is 18.5 Å². The maximum atomic E-state index is 12.0. The van der Waals surface area contributed by atoms with Gasteiger partial charge in [0, 0.05) is 18.4 Å². The first-order valence-corrected chi connectivity index (χ1v) is 6.45. The number of hydrogen-bond donors (Lipinski definition) is 1. The Kier molecular flexibility index (Phi) is 4.00. The summed E-state index contributed by atoms with van der Waals surface area (Å²) in [6.07, 6.45) is 7.59. The standard InChI is InChI=1S/C13H17ClN2O/c1-9-2-4-10(5-3-9)16-13(17)11-8-15-7-6-12(11)14/h6-10H,2-5H2,1H3,(H,16,17). The Hall–Kier alpha value is -1.09. The monoisotopic (exact) mass is 252 g/mol. The highest BCUT2D eigenvalue weighted by Gasteiger charge is 2.21. The number of pyridine rings is 1. The van der Waals surface area contributed by atoms with Gasteiger partial charge in [0.2, 0.25) is 0 Å². The Balaban J connectivity index is 1.96. The lowest BCUT2D eigenvalue weighted by Crippen LogP contribution is -2.37. The Bertz CT molecular complexity index is 400. The number of rotatable bonds is 2. The number of amides is 1. The SMILES string of the molecule is CC1CCC(NC(=O)c2cnccc2Cl)CC1. The summed E-state index contributed by atoms with van der Waals surface area (Å²) >= 11 is 5.96. The van der Waals surface area contributed by atoms with E-state index >= 15 is 0 Å². The van der Waals surface area contributed by atoms with E-state index in [9.17, 15) is 4.79 Å². The van der Waals surface area contributed by atoms with Gasteiger partial charge >= 0.3 is 0 Å². The van der Waals surface area contributed by atoms with Crippen molar-refractivity contribution in [2.75, 3.05) is 0 Å². The largest absolute Gasteiger partial charge is 0.349 e. The molecule has 1 aliphatic rings. The minimum Gasteiger partial charge on any atom is -0.349 e. The molecular weight excluding hydrogens is 236 g/mol. The molecule has 1 heterocycles. The zero-order valence-electron chi connectivity index (χ0n) is 9.95. The van der Waals surface area contributed by atoms with E-state index in [1.807, 2.05) is 0 Å². The van der Waals surface area contributed by atoms with E-state index in [-0.39, 0.29) is 11.9 Å². The van der Waals surface area contributed by atoms with Crippen molar-refractivity contribution in [3.8, 4) is 0 Å². The Morgan fingerprint density at radius 2 is 2.12 bits per heavy atom. The summed E-state index contributed by atoms with van der Waals surface area (Å²) in [5.41, 5.74) is 0.466. The molecule has 1 aromatic heterocycles. The van der Waals surface area contributed by atoms with E-state index in [0.717, 1.165) is 18.8 Å². The van der Waals surface area contributed by atoms with Gasteiger partial charge in [-0.2, -0.15) is 0 Å². The van der Waals surface area contributed by atoms with Crippen LogP contribution in [0.25, 0.3) is 0 Å². The van der Waals surface area contributed by atoms with Crippen LogP contribution in [-0.2, 0) is 0 Å². The van der Waals surface area contributed by atoms with E-state index in [1.54, 1.807) is 12.3 Å². The number of carbonyl (C=O) groups excluding carboxylic acids is 1. The molecule has 0 saturated heterocycles. The molecule has 0 atom stereocenters. The van der Waals surface area contributed by atoms with Crippen LogP contribution in [0.4, 0.5) is 0 Å². The Morgan fingerprint density at radius 1 is 1.41 bits per heavy atom. The predicted molar refractivity (Wildman–Crippen MR) is 68.1 cm³/mol. The summed E-state index contributed by atoms with van der Waals surface area (Å²) in [4.78, 5) is 15.9. The minimum atomic E-state index is -0.109. The molecular formula is C13H17ClN2O. The van der Waals surface area contributed by atoms with Crippen molar-refractivity contribution in [1.82, 2.24) is 10.3 Å². The van der Waals surface area contributed by atoms with Crippen molar-refractivity contribution in [3.63, 3.8) is 0 Å². The normalized spacial score (nSPS) is 24.4. The van der Waals surface area contributed by atoms with Gasteiger partial charge in [-0.25, -0.2) is 0 Å². The molecule has 0 spiro atoms. The maximum absolute atomic E-state index is 12.0. The fourth-order valence-corrected chi connectivity index (χ4v) is 2.40. The topological polar surface area (TPSA) is 42.0 Å². The van der Waals surface area contributed by atoms with Crippen LogP contribution in [0.3, 0.4) is 0 Å². The number of halogens is 1. The molecule has 0 radical (unpaired) electrons. The highest BCUT2D eigenvalue weighted by molar-refractivity contribution is 6.33. The van der Waals surface area contributed by atoms with Crippen LogP contribution in [0, 0.1) is 5.92 Å². The second-order valence-electron chi connectivity index (χ2n) is 4.79. The number of carbonyl (C=O) groups is 1. The number of nitrogens with one attached hydrogen (secondary N) is 1. The summed E-state index contributed by atoms with van der Waals surface area (Å²) in [5.74, 6) is 0.674. The third kappa shape index (κ3) is 3.19. The van der Waals surface area contributed by atoms with Crippen LogP contribution in [0.2, 0.25) is 5.02 Å². The first-order valence-electron chi connectivity index (χ1n) is 6.07. The van der Waals surface area contributed by atoms with Gasteiger partial charge in [-0.3, -0.25) is 9.78 Å².